The molecule has 0 saturated carbocycles. The van der Waals surface area contributed by atoms with Crippen LogP contribution in [-0.4, -0.2) is 32.4 Å². The van der Waals surface area contributed by atoms with Gasteiger partial charge in [-0.05, 0) is 24.3 Å². The summed E-state index contributed by atoms with van der Waals surface area (Å²) in [5.41, 5.74) is 2.92. The zero-order valence-corrected chi connectivity index (χ0v) is 16.1. The van der Waals surface area contributed by atoms with Crippen molar-refractivity contribution in [2.75, 3.05) is 12.8 Å². The number of carbonyl (C=O) groups is 1. The average molecular weight is 439 g/mol. The molecule has 0 aliphatic carbocycles. The van der Waals surface area contributed by atoms with Gasteiger partial charge in [-0.25, -0.2) is 4.79 Å². The third-order valence-corrected chi connectivity index (χ3v) is 4.22. The Hall–Kier alpha value is -3.57. The summed E-state index contributed by atoms with van der Waals surface area (Å²) in [4.78, 5) is 54.9. The van der Waals surface area contributed by atoms with Crippen molar-refractivity contribution in [1.29, 1.82) is 0 Å². The van der Waals surface area contributed by atoms with E-state index in [4.69, 9.17) is 33.8 Å². The van der Waals surface area contributed by atoms with Crippen molar-refractivity contribution in [3.63, 3.8) is 0 Å². The van der Waals surface area contributed by atoms with Crippen molar-refractivity contribution in [2.24, 2.45) is 0 Å². The molecule has 4 N–H and O–H groups in total. The number of nitrogens with zero attached hydrogens (tertiary/aromatic N) is 3. The van der Waals surface area contributed by atoms with Gasteiger partial charge in [0.05, 0.1) is 15.7 Å². The molecule has 13 heteroatoms. The van der Waals surface area contributed by atoms with Crippen LogP contribution in [0.3, 0.4) is 0 Å². The van der Waals surface area contributed by atoms with Crippen LogP contribution in [0.15, 0.2) is 44.8 Å². The van der Waals surface area contributed by atoms with Crippen molar-refractivity contribution in [3.8, 4) is 11.4 Å². The average Bonchev–Trinajstić information content (AvgIpc) is 2.68. The third kappa shape index (κ3) is 3.86. The lowest BCUT2D eigenvalue weighted by Gasteiger charge is -2.13. The number of amides is 1. The van der Waals surface area contributed by atoms with Crippen LogP contribution in [0, 0.1) is 0 Å². The molecule has 1 aromatic carbocycles. The van der Waals surface area contributed by atoms with E-state index in [1.54, 1.807) is 0 Å². The van der Waals surface area contributed by atoms with E-state index in [-0.39, 0.29) is 27.0 Å². The Labute approximate surface area is 171 Å². The van der Waals surface area contributed by atoms with E-state index >= 15 is 0 Å². The number of nitrogen functional groups attached to an aromatic ring is 1. The molecule has 3 rings (SSSR count). The molecule has 150 valence electrons. The number of benzene rings is 1. The minimum atomic E-state index is -0.862. The second-order valence-corrected chi connectivity index (χ2v) is 6.33. The quantitative estimate of drug-likeness (QED) is 0.524. The molecule has 0 atom stereocenters. The molecule has 0 aliphatic rings. The number of pyridine rings is 1. The van der Waals surface area contributed by atoms with Gasteiger partial charge in [-0.15, -0.1) is 9.83 Å². The van der Waals surface area contributed by atoms with Gasteiger partial charge < -0.3 is 15.9 Å². The lowest BCUT2D eigenvalue weighted by atomic mass is 10.2. The number of aromatic nitrogens is 4. The molecule has 2 heterocycles. The van der Waals surface area contributed by atoms with E-state index in [2.05, 4.69) is 10.4 Å². The molecule has 2 aromatic heterocycles. The summed E-state index contributed by atoms with van der Waals surface area (Å²) in [6, 6.07) is 5.28. The molecule has 0 fully saturated rings. The smallest absolute Gasteiger partial charge is 0.349 e. The Bertz CT molecular complexity index is 1270. The van der Waals surface area contributed by atoms with Crippen LogP contribution in [0.4, 0.5) is 5.82 Å². The second-order valence-electron chi connectivity index (χ2n) is 5.52. The van der Waals surface area contributed by atoms with Crippen LogP contribution in [0.5, 0.6) is 5.75 Å². The van der Waals surface area contributed by atoms with Crippen molar-refractivity contribution in [1.82, 2.24) is 24.8 Å². The van der Waals surface area contributed by atoms with Gasteiger partial charge in [0.25, 0.3) is 17.0 Å². The summed E-state index contributed by atoms with van der Waals surface area (Å²) in [7, 11) is 1.38. The van der Waals surface area contributed by atoms with Gasteiger partial charge in [0.2, 0.25) is 5.82 Å². The number of nitrogens with two attached hydrogens (primary N) is 1. The first-order chi connectivity index (χ1) is 13.7. The maximum atomic E-state index is 12.4. The van der Waals surface area contributed by atoms with E-state index < -0.39 is 28.5 Å². The van der Waals surface area contributed by atoms with E-state index in [9.17, 15) is 19.2 Å². The maximum Gasteiger partial charge on any atom is 0.349 e. The Kier molecular flexibility index (Phi) is 5.43. The number of nitrogens with one attached hydrogen (secondary N) is 2. The molecule has 1 amide bonds. The SMILES string of the molecule is CNC(=O)c1cccn(Oc2c(Cl)cc(-n3nc(N)c(=O)[nH]c3=O)cc2Cl)c1=O. The van der Waals surface area contributed by atoms with Gasteiger partial charge in [-0.3, -0.25) is 19.4 Å². The molecule has 0 spiro atoms. The molecule has 29 heavy (non-hydrogen) atoms. The standard InChI is InChI=1S/C16H12Cl2N6O5/c1-20-13(25)8-3-2-4-23(15(8)27)29-11-9(17)5-7(6-10(11)18)24-16(28)21-14(26)12(19)22-24/h2-6H,1H3,(H2,19,22)(H,20,25)(H,21,26,28). The largest absolute Gasteiger partial charge is 0.378 e. The highest BCUT2D eigenvalue weighted by Gasteiger charge is 2.17. The first kappa shape index (κ1) is 20.2. The fraction of sp³-hybridized carbons (Fsp3) is 0.0625. The topological polar surface area (TPSA) is 154 Å². The number of anilines is 1. The molecule has 0 saturated heterocycles. The van der Waals surface area contributed by atoms with Crippen LogP contribution in [0.25, 0.3) is 5.69 Å². The van der Waals surface area contributed by atoms with Gasteiger partial charge in [0.15, 0.2) is 5.75 Å². The normalized spacial score (nSPS) is 10.6. The van der Waals surface area contributed by atoms with Crippen LogP contribution < -0.4 is 32.7 Å². The lowest BCUT2D eigenvalue weighted by molar-refractivity contribution is 0.0956. The van der Waals surface area contributed by atoms with Crippen molar-refractivity contribution in [2.45, 2.75) is 0 Å². The van der Waals surface area contributed by atoms with Crippen molar-refractivity contribution < 1.29 is 9.63 Å². The Balaban J connectivity index is 2.06. The zero-order valence-electron chi connectivity index (χ0n) is 14.6. The highest BCUT2D eigenvalue weighted by atomic mass is 35.5. The van der Waals surface area contributed by atoms with Gasteiger partial charge in [0, 0.05) is 13.2 Å². The fourth-order valence-electron chi connectivity index (χ4n) is 2.30. The van der Waals surface area contributed by atoms with Gasteiger partial charge in [-0.1, -0.05) is 23.2 Å². The fourth-order valence-corrected chi connectivity index (χ4v) is 2.84. The Morgan fingerprint density at radius 1 is 1.24 bits per heavy atom. The van der Waals surface area contributed by atoms with Gasteiger partial charge in [0.1, 0.15) is 5.56 Å². The van der Waals surface area contributed by atoms with E-state index in [0.29, 0.717) is 0 Å². The summed E-state index contributed by atoms with van der Waals surface area (Å²) in [5, 5.41) is 5.85. The molecule has 0 aliphatic heterocycles. The molecule has 0 unspecified atom stereocenters. The maximum absolute atomic E-state index is 12.4. The second kappa shape index (κ2) is 7.81. The van der Waals surface area contributed by atoms with Crippen molar-refractivity contribution in [3.05, 3.63) is 77.3 Å². The highest BCUT2D eigenvalue weighted by Crippen LogP contribution is 2.35. The van der Waals surface area contributed by atoms with Crippen LogP contribution >= 0.6 is 23.2 Å². The number of hydrogen-bond donors (Lipinski definition) is 3. The predicted octanol–water partition coefficient (Wildman–Crippen LogP) is 0.173. The van der Waals surface area contributed by atoms with E-state index in [1.807, 2.05) is 4.98 Å². The minimum Gasteiger partial charge on any atom is -0.378 e. The molecule has 11 nitrogen and oxygen atoms in total. The van der Waals surface area contributed by atoms with E-state index in [0.717, 1.165) is 9.41 Å². The first-order valence-corrected chi connectivity index (χ1v) is 8.59. The van der Waals surface area contributed by atoms with Crippen molar-refractivity contribution >= 4 is 34.9 Å². The number of halogens is 2. The first-order valence-electron chi connectivity index (χ1n) is 7.83. The number of aromatic amines is 1. The number of rotatable bonds is 4. The van der Waals surface area contributed by atoms with Crippen LogP contribution in [0.1, 0.15) is 10.4 Å². The summed E-state index contributed by atoms with van der Waals surface area (Å²) in [6.07, 6.45) is 1.27. The monoisotopic (exact) mass is 438 g/mol. The Morgan fingerprint density at radius 2 is 1.90 bits per heavy atom. The van der Waals surface area contributed by atoms with Gasteiger partial charge >= 0.3 is 5.69 Å². The number of H-pyrrole nitrogens is 1. The zero-order chi connectivity index (χ0) is 21.3. The predicted molar refractivity (Wildman–Crippen MR) is 105 cm³/mol. The molecule has 0 bridgehead atoms. The number of carbonyl (C=O) groups excluding carboxylic acids is 1. The third-order valence-electron chi connectivity index (χ3n) is 3.66. The molecule has 3 aromatic rings. The number of hydrogen-bond acceptors (Lipinski definition) is 7. The lowest BCUT2D eigenvalue weighted by Crippen LogP contribution is -2.33. The molecular weight excluding hydrogens is 427 g/mol. The van der Waals surface area contributed by atoms with Crippen LogP contribution in [-0.2, 0) is 0 Å². The Morgan fingerprint density at radius 3 is 2.52 bits per heavy atom. The van der Waals surface area contributed by atoms with E-state index in [1.165, 1.54) is 37.5 Å². The van der Waals surface area contributed by atoms with Crippen LogP contribution in [0.2, 0.25) is 10.0 Å². The minimum absolute atomic E-state index is 0.0804. The summed E-state index contributed by atoms with van der Waals surface area (Å²) in [5.74, 6) is -1.14. The summed E-state index contributed by atoms with van der Waals surface area (Å²) < 4.78 is 1.57. The van der Waals surface area contributed by atoms with Gasteiger partial charge in [-0.2, -0.15) is 4.68 Å². The molecular formula is C16H12Cl2N6O5. The summed E-state index contributed by atoms with van der Waals surface area (Å²) in [6.45, 7) is 0. The molecule has 0 radical (unpaired) electrons. The highest BCUT2D eigenvalue weighted by molar-refractivity contribution is 6.37. The summed E-state index contributed by atoms with van der Waals surface area (Å²) >= 11 is 12.4.